The number of dihydropyridines is 1. The van der Waals surface area contributed by atoms with E-state index in [4.69, 9.17) is 0 Å². The molecule has 1 aromatic carbocycles. The standard InChI is InChI=1S/C23H26BrNO2/c1-22(2)10-8-15-18(20(22)26)17(13-6-5-7-14(24)12-13)19-16(25-15)9-11-23(3,4)21(19)27/h5-7,12,17,25H,8-11H2,1-4H3. The van der Waals surface area contributed by atoms with Crippen LogP contribution in [0, 0.1) is 10.8 Å². The third-order valence-corrected chi connectivity index (χ3v) is 6.92. The quantitative estimate of drug-likeness (QED) is 0.650. The molecular weight excluding hydrogens is 402 g/mol. The van der Waals surface area contributed by atoms with E-state index in [1.165, 1.54) is 0 Å². The zero-order valence-corrected chi connectivity index (χ0v) is 18.0. The first-order chi connectivity index (χ1) is 12.6. The van der Waals surface area contributed by atoms with Gasteiger partial charge in [-0.25, -0.2) is 0 Å². The number of allylic oxidation sites excluding steroid dienone is 4. The van der Waals surface area contributed by atoms with Crippen molar-refractivity contribution >= 4 is 27.5 Å². The van der Waals surface area contributed by atoms with E-state index < -0.39 is 10.8 Å². The second-order valence-corrected chi connectivity index (χ2v) is 10.2. The molecular formula is C23H26BrNO2. The van der Waals surface area contributed by atoms with Gasteiger partial charge in [0.25, 0.3) is 0 Å². The lowest BCUT2D eigenvalue weighted by Gasteiger charge is -2.44. The van der Waals surface area contributed by atoms with Gasteiger partial charge in [-0.1, -0.05) is 55.8 Å². The molecule has 4 rings (SSSR count). The lowest BCUT2D eigenvalue weighted by atomic mass is 9.62. The highest BCUT2D eigenvalue weighted by molar-refractivity contribution is 9.10. The Morgan fingerprint density at radius 2 is 1.44 bits per heavy atom. The van der Waals surface area contributed by atoms with E-state index in [0.29, 0.717) is 0 Å². The highest BCUT2D eigenvalue weighted by Crippen LogP contribution is 2.51. The van der Waals surface area contributed by atoms with E-state index in [0.717, 1.165) is 58.3 Å². The predicted octanol–water partition coefficient (Wildman–Crippen LogP) is 5.42. The Bertz CT molecular complexity index is 868. The van der Waals surface area contributed by atoms with Crippen LogP contribution in [0.1, 0.15) is 64.9 Å². The maximum atomic E-state index is 13.4. The summed E-state index contributed by atoms with van der Waals surface area (Å²) in [5.41, 5.74) is 3.88. The first kappa shape index (κ1) is 18.7. The van der Waals surface area contributed by atoms with Gasteiger partial charge in [0, 0.05) is 43.8 Å². The maximum absolute atomic E-state index is 13.4. The molecule has 1 heterocycles. The van der Waals surface area contributed by atoms with Crippen LogP contribution in [0.15, 0.2) is 51.3 Å². The predicted molar refractivity (Wildman–Crippen MR) is 110 cm³/mol. The summed E-state index contributed by atoms with van der Waals surface area (Å²) in [7, 11) is 0. The molecule has 0 saturated heterocycles. The second-order valence-electron chi connectivity index (χ2n) is 9.32. The number of halogens is 1. The van der Waals surface area contributed by atoms with E-state index in [2.05, 4.69) is 27.3 Å². The SMILES string of the molecule is CC1(C)CCC2=C(C1=O)C(c1cccc(Br)c1)C1=C(CCC(C)(C)C1=O)N2. The van der Waals surface area contributed by atoms with Gasteiger partial charge in [-0.3, -0.25) is 9.59 Å². The number of hydrogen-bond acceptors (Lipinski definition) is 3. The van der Waals surface area contributed by atoms with Gasteiger partial charge in [0.2, 0.25) is 0 Å². The molecule has 142 valence electrons. The molecule has 2 aliphatic carbocycles. The number of ketones is 2. The van der Waals surface area contributed by atoms with E-state index in [-0.39, 0.29) is 17.5 Å². The molecule has 1 aliphatic heterocycles. The highest BCUT2D eigenvalue weighted by Gasteiger charge is 2.48. The van der Waals surface area contributed by atoms with Crippen molar-refractivity contribution in [3.8, 4) is 0 Å². The first-order valence-corrected chi connectivity index (χ1v) is 10.5. The van der Waals surface area contributed by atoms with Crippen LogP contribution in [0.3, 0.4) is 0 Å². The van der Waals surface area contributed by atoms with Crippen molar-refractivity contribution in [2.75, 3.05) is 0 Å². The van der Waals surface area contributed by atoms with Crippen molar-refractivity contribution in [3.63, 3.8) is 0 Å². The normalized spacial score (nSPS) is 24.5. The van der Waals surface area contributed by atoms with E-state index >= 15 is 0 Å². The summed E-state index contributed by atoms with van der Waals surface area (Å²) in [6.45, 7) is 8.09. The van der Waals surface area contributed by atoms with E-state index in [9.17, 15) is 9.59 Å². The fourth-order valence-electron chi connectivity index (χ4n) is 4.59. The number of nitrogens with one attached hydrogen (secondary N) is 1. The Morgan fingerprint density at radius 3 is 1.93 bits per heavy atom. The molecule has 0 bridgehead atoms. The summed E-state index contributed by atoms with van der Waals surface area (Å²) in [6.07, 6.45) is 3.38. The smallest absolute Gasteiger partial charge is 0.167 e. The van der Waals surface area contributed by atoms with Gasteiger partial charge in [-0.15, -0.1) is 0 Å². The molecule has 0 amide bonds. The van der Waals surface area contributed by atoms with Gasteiger partial charge in [0.1, 0.15) is 0 Å². The minimum Gasteiger partial charge on any atom is -0.362 e. The largest absolute Gasteiger partial charge is 0.362 e. The summed E-state index contributed by atoms with van der Waals surface area (Å²) in [4.78, 5) is 26.9. The molecule has 0 radical (unpaired) electrons. The molecule has 3 nitrogen and oxygen atoms in total. The molecule has 0 saturated carbocycles. The summed E-state index contributed by atoms with van der Waals surface area (Å²) in [5, 5.41) is 3.51. The molecule has 0 fully saturated rings. The van der Waals surface area contributed by atoms with Crippen LogP contribution in [0.4, 0.5) is 0 Å². The summed E-state index contributed by atoms with van der Waals surface area (Å²) in [6, 6.07) is 8.06. The highest BCUT2D eigenvalue weighted by atomic mass is 79.9. The number of Topliss-reactive ketones (excluding diaryl/α,β-unsaturated/α-hetero) is 2. The lowest BCUT2D eigenvalue weighted by Crippen LogP contribution is -2.44. The minimum atomic E-state index is -0.393. The van der Waals surface area contributed by atoms with Crippen molar-refractivity contribution < 1.29 is 9.59 Å². The maximum Gasteiger partial charge on any atom is 0.167 e. The van der Waals surface area contributed by atoms with Crippen molar-refractivity contribution in [2.45, 2.75) is 59.3 Å². The van der Waals surface area contributed by atoms with Gasteiger partial charge >= 0.3 is 0 Å². The number of benzene rings is 1. The number of hydrogen-bond donors (Lipinski definition) is 1. The fourth-order valence-corrected chi connectivity index (χ4v) is 5.01. The van der Waals surface area contributed by atoms with Crippen LogP contribution in [0.5, 0.6) is 0 Å². The molecule has 3 aliphatic rings. The number of carbonyl (C=O) groups is 2. The van der Waals surface area contributed by atoms with Gasteiger partial charge < -0.3 is 5.32 Å². The molecule has 0 aromatic heterocycles. The average molecular weight is 428 g/mol. The van der Waals surface area contributed by atoms with Crippen LogP contribution in [-0.4, -0.2) is 11.6 Å². The molecule has 4 heteroatoms. The number of carbonyl (C=O) groups excluding carboxylic acids is 2. The van der Waals surface area contributed by atoms with Crippen molar-refractivity contribution in [1.82, 2.24) is 5.32 Å². The van der Waals surface area contributed by atoms with Crippen LogP contribution in [0.25, 0.3) is 0 Å². The van der Waals surface area contributed by atoms with Gasteiger partial charge in [0.05, 0.1) is 0 Å². The lowest BCUT2D eigenvalue weighted by molar-refractivity contribution is -0.125. The van der Waals surface area contributed by atoms with Crippen LogP contribution in [-0.2, 0) is 9.59 Å². The topological polar surface area (TPSA) is 46.2 Å². The second kappa shape index (κ2) is 6.16. The summed E-state index contributed by atoms with van der Waals surface area (Å²) in [5.74, 6) is 0.0702. The third kappa shape index (κ3) is 2.93. The van der Waals surface area contributed by atoms with Gasteiger partial charge in [0.15, 0.2) is 11.6 Å². The van der Waals surface area contributed by atoms with Crippen molar-refractivity contribution in [1.29, 1.82) is 0 Å². The molecule has 1 N–H and O–H groups in total. The van der Waals surface area contributed by atoms with Crippen LogP contribution >= 0.6 is 15.9 Å². The summed E-state index contributed by atoms with van der Waals surface area (Å²) < 4.78 is 0.966. The Morgan fingerprint density at radius 1 is 0.926 bits per heavy atom. The molecule has 0 unspecified atom stereocenters. The van der Waals surface area contributed by atoms with E-state index in [1.54, 1.807) is 0 Å². The monoisotopic (exact) mass is 427 g/mol. The van der Waals surface area contributed by atoms with E-state index in [1.807, 2.05) is 45.9 Å². The van der Waals surface area contributed by atoms with Crippen molar-refractivity contribution in [3.05, 3.63) is 56.8 Å². The van der Waals surface area contributed by atoms with Crippen molar-refractivity contribution in [2.24, 2.45) is 10.8 Å². The molecule has 27 heavy (non-hydrogen) atoms. The Kier molecular flexibility index (Phi) is 4.26. The van der Waals surface area contributed by atoms with Crippen LogP contribution in [0.2, 0.25) is 0 Å². The minimum absolute atomic E-state index is 0.170. The summed E-state index contributed by atoms with van der Waals surface area (Å²) >= 11 is 3.56. The Balaban J connectivity index is 1.95. The average Bonchev–Trinajstić information content (AvgIpc) is 2.61. The number of rotatable bonds is 1. The van der Waals surface area contributed by atoms with Crippen LogP contribution < -0.4 is 5.32 Å². The molecule has 1 aromatic rings. The first-order valence-electron chi connectivity index (χ1n) is 9.70. The fraction of sp³-hybridized carbons (Fsp3) is 0.478. The third-order valence-electron chi connectivity index (χ3n) is 6.43. The van der Waals surface area contributed by atoms with Gasteiger partial charge in [-0.05, 0) is 43.4 Å². The Hall–Kier alpha value is -1.68. The molecule has 0 atom stereocenters. The zero-order chi connectivity index (χ0) is 19.6. The molecule has 0 spiro atoms. The Labute approximate surface area is 169 Å². The zero-order valence-electron chi connectivity index (χ0n) is 16.4. The van der Waals surface area contributed by atoms with Gasteiger partial charge in [-0.2, -0.15) is 0 Å².